The van der Waals surface area contributed by atoms with Crippen molar-refractivity contribution in [3.05, 3.63) is 69.9 Å². The molecule has 3 rings (SSSR count). The summed E-state index contributed by atoms with van der Waals surface area (Å²) in [5, 5.41) is 2.17. The second-order valence-electron chi connectivity index (χ2n) is 4.46. The average Bonchev–Trinajstić information content (AvgIpc) is 2.85. The maximum Gasteiger partial charge on any atom is 0.152 e. The summed E-state index contributed by atoms with van der Waals surface area (Å²) in [4.78, 5) is 0. The van der Waals surface area contributed by atoms with E-state index in [-0.39, 0.29) is 6.04 Å². The van der Waals surface area contributed by atoms with E-state index >= 15 is 0 Å². The van der Waals surface area contributed by atoms with Crippen LogP contribution in [0.4, 0.5) is 0 Å². The van der Waals surface area contributed by atoms with Crippen LogP contribution < -0.4 is 11.3 Å². The largest absolute Gasteiger partial charge is 0.457 e. The number of fused-ring (bicyclic) bond motifs is 1. The molecule has 2 aromatic carbocycles. The number of furan rings is 1. The fourth-order valence-electron chi connectivity index (χ4n) is 2.22. The molecule has 0 fully saturated rings. The highest BCUT2D eigenvalue weighted by Gasteiger charge is 2.18. The first-order valence-electron chi connectivity index (χ1n) is 6.08. The SMILES string of the molecule is NNC(c1cccc(Cl)c1)c1cc2cccc(Cl)c2o1. The minimum absolute atomic E-state index is 0.280. The van der Waals surface area contributed by atoms with Gasteiger partial charge >= 0.3 is 0 Å². The van der Waals surface area contributed by atoms with E-state index in [2.05, 4.69) is 5.43 Å². The lowest BCUT2D eigenvalue weighted by Crippen LogP contribution is -2.28. The highest BCUT2D eigenvalue weighted by Crippen LogP contribution is 2.32. The molecule has 0 radical (unpaired) electrons. The van der Waals surface area contributed by atoms with E-state index in [0.717, 1.165) is 10.9 Å². The summed E-state index contributed by atoms with van der Waals surface area (Å²) in [5.74, 6) is 6.35. The lowest BCUT2D eigenvalue weighted by molar-refractivity contribution is 0.477. The third-order valence-corrected chi connectivity index (χ3v) is 3.68. The van der Waals surface area contributed by atoms with Crippen LogP contribution in [0.2, 0.25) is 10.0 Å². The molecule has 20 heavy (non-hydrogen) atoms. The number of halogens is 2. The van der Waals surface area contributed by atoms with Crippen LogP contribution >= 0.6 is 23.2 Å². The molecule has 1 heterocycles. The second-order valence-corrected chi connectivity index (χ2v) is 5.31. The lowest BCUT2D eigenvalue weighted by atomic mass is 10.1. The van der Waals surface area contributed by atoms with E-state index in [1.54, 1.807) is 6.07 Å². The van der Waals surface area contributed by atoms with Crippen LogP contribution in [0, 0.1) is 0 Å². The molecule has 1 atom stereocenters. The van der Waals surface area contributed by atoms with Gasteiger partial charge in [-0.1, -0.05) is 47.5 Å². The summed E-state index contributed by atoms with van der Waals surface area (Å²) < 4.78 is 5.83. The van der Waals surface area contributed by atoms with Crippen molar-refractivity contribution < 1.29 is 4.42 Å². The van der Waals surface area contributed by atoms with Gasteiger partial charge in [-0.2, -0.15) is 0 Å². The van der Waals surface area contributed by atoms with E-state index in [9.17, 15) is 0 Å². The van der Waals surface area contributed by atoms with E-state index in [4.69, 9.17) is 33.5 Å². The van der Waals surface area contributed by atoms with Crippen molar-refractivity contribution in [2.45, 2.75) is 6.04 Å². The van der Waals surface area contributed by atoms with Gasteiger partial charge in [-0.25, -0.2) is 5.43 Å². The van der Waals surface area contributed by atoms with Crippen LogP contribution in [0.15, 0.2) is 52.9 Å². The Balaban J connectivity index is 2.09. The molecule has 0 bridgehead atoms. The molecule has 1 unspecified atom stereocenters. The topological polar surface area (TPSA) is 51.2 Å². The molecule has 102 valence electrons. The molecule has 0 saturated heterocycles. The molecule has 0 aliphatic carbocycles. The highest BCUT2D eigenvalue weighted by atomic mass is 35.5. The van der Waals surface area contributed by atoms with Crippen molar-refractivity contribution in [3.8, 4) is 0 Å². The maximum absolute atomic E-state index is 6.12. The molecule has 3 aromatic rings. The highest BCUT2D eigenvalue weighted by molar-refractivity contribution is 6.34. The van der Waals surface area contributed by atoms with Crippen molar-refractivity contribution in [2.24, 2.45) is 5.84 Å². The Morgan fingerprint density at radius 1 is 1.05 bits per heavy atom. The molecular weight excluding hydrogens is 295 g/mol. The third kappa shape index (κ3) is 2.41. The van der Waals surface area contributed by atoms with Crippen LogP contribution in [-0.2, 0) is 0 Å². The van der Waals surface area contributed by atoms with Gasteiger partial charge in [0.25, 0.3) is 0 Å². The van der Waals surface area contributed by atoms with Crippen LogP contribution in [0.3, 0.4) is 0 Å². The Morgan fingerprint density at radius 3 is 2.55 bits per heavy atom. The summed E-state index contributed by atoms with van der Waals surface area (Å²) in [6.45, 7) is 0. The minimum Gasteiger partial charge on any atom is -0.457 e. The molecular formula is C15H12Cl2N2O. The monoisotopic (exact) mass is 306 g/mol. The normalized spacial score (nSPS) is 12.8. The zero-order valence-electron chi connectivity index (χ0n) is 10.4. The Morgan fingerprint density at radius 2 is 1.85 bits per heavy atom. The number of hydrogen-bond acceptors (Lipinski definition) is 3. The Labute approximate surface area is 126 Å². The van der Waals surface area contributed by atoms with E-state index in [1.807, 2.05) is 42.5 Å². The van der Waals surface area contributed by atoms with E-state index in [0.29, 0.717) is 21.4 Å². The van der Waals surface area contributed by atoms with Gasteiger partial charge in [0.15, 0.2) is 5.58 Å². The second kappa shape index (κ2) is 5.46. The molecule has 3 nitrogen and oxygen atoms in total. The first-order chi connectivity index (χ1) is 9.69. The van der Waals surface area contributed by atoms with Crippen LogP contribution in [0.25, 0.3) is 11.0 Å². The Hall–Kier alpha value is -1.52. The number of benzene rings is 2. The molecule has 3 N–H and O–H groups in total. The Bertz CT molecular complexity index is 754. The maximum atomic E-state index is 6.12. The minimum atomic E-state index is -0.280. The van der Waals surface area contributed by atoms with Crippen molar-refractivity contribution in [1.29, 1.82) is 0 Å². The summed E-state index contributed by atoms with van der Waals surface area (Å²) in [6.07, 6.45) is 0. The summed E-state index contributed by atoms with van der Waals surface area (Å²) in [6, 6.07) is 14.7. The van der Waals surface area contributed by atoms with Gasteiger partial charge in [-0.05, 0) is 29.8 Å². The van der Waals surface area contributed by atoms with Crippen LogP contribution in [0.1, 0.15) is 17.4 Å². The van der Waals surface area contributed by atoms with E-state index in [1.165, 1.54) is 0 Å². The van der Waals surface area contributed by atoms with Crippen molar-refractivity contribution in [3.63, 3.8) is 0 Å². The molecule has 0 spiro atoms. The predicted molar refractivity (Wildman–Crippen MR) is 81.8 cm³/mol. The standard InChI is InChI=1S/C15H12Cl2N2O/c16-11-5-1-3-9(7-11)14(19-18)13-8-10-4-2-6-12(17)15(10)20-13/h1-8,14,19H,18H2. The number of rotatable bonds is 3. The van der Waals surface area contributed by atoms with Gasteiger partial charge in [0.2, 0.25) is 0 Å². The fourth-order valence-corrected chi connectivity index (χ4v) is 2.64. The first-order valence-corrected chi connectivity index (χ1v) is 6.84. The number of hydrazine groups is 1. The van der Waals surface area contributed by atoms with Crippen molar-refractivity contribution in [1.82, 2.24) is 5.43 Å². The molecule has 0 aliphatic heterocycles. The average molecular weight is 307 g/mol. The van der Waals surface area contributed by atoms with Crippen molar-refractivity contribution in [2.75, 3.05) is 0 Å². The van der Waals surface area contributed by atoms with Gasteiger partial charge in [-0.15, -0.1) is 0 Å². The van der Waals surface area contributed by atoms with E-state index < -0.39 is 0 Å². The summed E-state index contributed by atoms with van der Waals surface area (Å²) >= 11 is 12.1. The van der Waals surface area contributed by atoms with Gasteiger partial charge in [0, 0.05) is 10.4 Å². The number of nitrogens with two attached hydrogens (primary N) is 1. The number of para-hydroxylation sites is 1. The van der Waals surface area contributed by atoms with Crippen LogP contribution in [-0.4, -0.2) is 0 Å². The zero-order valence-corrected chi connectivity index (χ0v) is 11.9. The number of hydrogen-bond donors (Lipinski definition) is 2. The fraction of sp³-hybridized carbons (Fsp3) is 0.0667. The number of nitrogens with one attached hydrogen (secondary N) is 1. The first kappa shape index (κ1) is 13.5. The summed E-state index contributed by atoms with van der Waals surface area (Å²) in [5.41, 5.74) is 4.33. The Kier molecular flexibility index (Phi) is 3.68. The molecule has 5 heteroatoms. The molecule has 1 aromatic heterocycles. The van der Waals surface area contributed by atoms with Gasteiger partial charge in [0.05, 0.1) is 5.02 Å². The molecule has 0 amide bonds. The van der Waals surface area contributed by atoms with Crippen molar-refractivity contribution >= 4 is 34.2 Å². The molecule has 0 aliphatic rings. The van der Waals surface area contributed by atoms with Gasteiger partial charge < -0.3 is 4.42 Å². The smallest absolute Gasteiger partial charge is 0.152 e. The van der Waals surface area contributed by atoms with Gasteiger partial charge in [-0.3, -0.25) is 5.84 Å². The predicted octanol–water partition coefficient (Wildman–Crippen LogP) is 4.29. The lowest BCUT2D eigenvalue weighted by Gasteiger charge is -2.13. The third-order valence-electron chi connectivity index (χ3n) is 3.15. The summed E-state index contributed by atoms with van der Waals surface area (Å²) in [7, 11) is 0. The zero-order chi connectivity index (χ0) is 14.1. The van der Waals surface area contributed by atoms with Gasteiger partial charge in [0.1, 0.15) is 11.8 Å². The quantitative estimate of drug-likeness (QED) is 0.560. The molecule has 0 saturated carbocycles. The van der Waals surface area contributed by atoms with Crippen LogP contribution in [0.5, 0.6) is 0 Å².